The number of nitrogens with one attached hydrogen (secondary N) is 3. The second-order valence-corrected chi connectivity index (χ2v) is 6.37. The van der Waals surface area contributed by atoms with Crippen LogP contribution < -0.4 is 20.9 Å². The fourth-order valence-electron chi connectivity index (χ4n) is 2.96. The van der Waals surface area contributed by atoms with Gasteiger partial charge in [0, 0.05) is 41.5 Å². The molecule has 3 rings (SSSR count). The van der Waals surface area contributed by atoms with Crippen LogP contribution in [0.4, 0.5) is 33.2 Å². The van der Waals surface area contributed by atoms with Crippen LogP contribution in [0.3, 0.4) is 0 Å². The molecular weight excluding hydrogens is 348 g/mol. The molecule has 0 fully saturated rings. The van der Waals surface area contributed by atoms with Crippen LogP contribution in [0.15, 0.2) is 78.9 Å². The number of nitrogens with zero attached hydrogens (tertiary/aromatic N) is 1. The van der Waals surface area contributed by atoms with Crippen molar-refractivity contribution in [3.8, 4) is 0 Å². The van der Waals surface area contributed by atoms with Crippen LogP contribution in [-0.4, -0.2) is 19.1 Å². The first kappa shape index (κ1) is 19.3. The van der Waals surface area contributed by atoms with Crippen LogP contribution in [0, 0.1) is 0 Å². The molecule has 0 aliphatic heterocycles. The van der Waals surface area contributed by atoms with E-state index in [4.69, 9.17) is 0 Å². The summed E-state index contributed by atoms with van der Waals surface area (Å²) in [4.78, 5) is 14.4. The van der Waals surface area contributed by atoms with Crippen molar-refractivity contribution >= 4 is 34.5 Å². The lowest BCUT2D eigenvalue weighted by atomic mass is 10.2. The lowest BCUT2D eigenvalue weighted by molar-refractivity contribution is 0.262. The minimum Gasteiger partial charge on any atom is -0.372 e. The number of rotatable bonds is 7. The number of benzene rings is 3. The number of hydrogen-bond donors (Lipinski definition) is 3. The summed E-state index contributed by atoms with van der Waals surface area (Å²) < 4.78 is 0. The SMILES string of the molecule is CCN(CC)c1ccc(Nc2ccc(NC(=O)Nc3ccccc3)cc2)cc1. The Bertz CT molecular complexity index is 873. The molecule has 0 bridgehead atoms. The van der Waals surface area contributed by atoms with Gasteiger partial charge in [0.15, 0.2) is 0 Å². The number of urea groups is 1. The Balaban J connectivity index is 1.56. The Morgan fingerprint density at radius 1 is 0.679 bits per heavy atom. The molecule has 0 radical (unpaired) electrons. The highest BCUT2D eigenvalue weighted by molar-refractivity contribution is 5.99. The van der Waals surface area contributed by atoms with Gasteiger partial charge in [0.25, 0.3) is 0 Å². The normalized spacial score (nSPS) is 10.2. The number of para-hydroxylation sites is 1. The molecule has 2 amide bonds. The third-order valence-corrected chi connectivity index (χ3v) is 4.46. The van der Waals surface area contributed by atoms with Gasteiger partial charge in [-0.25, -0.2) is 4.79 Å². The predicted octanol–water partition coefficient (Wildman–Crippen LogP) is 5.92. The van der Waals surface area contributed by atoms with Crippen molar-refractivity contribution in [2.45, 2.75) is 13.8 Å². The molecule has 3 aromatic carbocycles. The van der Waals surface area contributed by atoms with Gasteiger partial charge in [0.05, 0.1) is 0 Å². The van der Waals surface area contributed by atoms with Crippen LogP contribution in [0.25, 0.3) is 0 Å². The summed E-state index contributed by atoms with van der Waals surface area (Å²) in [6, 6.07) is 25.1. The number of carbonyl (C=O) groups is 1. The van der Waals surface area contributed by atoms with Gasteiger partial charge >= 0.3 is 6.03 Å². The van der Waals surface area contributed by atoms with Crippen LogP contribution >= 0.6 is 0 Å². The molecular formula is C23H26N4O. The molecule has 0 saturated heterocycles. The van der Waals surface area contributed by atoms with E-state index in [2.05, 4.69) is 59.0 Å². The maximum Gasteiger partial charge on any atom is 0.323 e. The molecule has 0 spiro atoms. The summed E-state index contributed by atoms with van der Waals surface area (Å²) in [7, 11) is 0. The van der Waals surface area contributed by atoms with Crippen LogP contribution in [-0.2, 0) is 0 Å². The number of anilines is 5. The molecule has 144 valence electrons. The van der Waals surface area contributed by atoms with E-state index in [1.54, 1.807) is 0 Å². The zero-order valence-electron chi connectivity index (χ0n) is 16.3. The molecule has 0 unspecified atom stereocenters. The third-order valence-electron chi connectivity index (χ3n) is 4.46. The van der Waals surface area contributed by atoms with Crippen molar-refractivity contribution in [3.63, 3.8) is 0 Å². The first-order chi connectivity index (χ1) is 13.7. The van der Waals surface area contributed by atoms with Gasteiger partial charge in [-0.05, 0) is 74.5 Å². The van der Waals surface area contributed by atoms with E-state index in [9.17, 15) is 4.79 Å². The molecule has 3 aromatic rings. The quantitative estimate of drug-likeness (QED) is 0.481. The largest absolute Gasteiger partial charge is 0.372 e. The topological polar surface area (TPSA) is 56.4 Å². The minimum atomic E-state index is -0.265. The minimum absolute atomic E-state index is 0.265. The Morgan fingerprint density at radius 2 is 1.14 bits per heavy atom. The van der Waals surface area contributed by atoms with Crippen molar-refractivity contribution in [1.29, 1.82) is 0 Å². The van der Waals surface area contributed by atoms with Crippen LogP contribution in [0.2, 0.25) is 0 Å². The summed E-state index contributed by atoms with van der Waals surface area (Å²) in [5.74, 6) is 0. The van der Waals surface area contributed by atoms with E-state index in [1.807, 2.05) is 54.6 Å². The summed E-state index contributed by atoms with van der Waals surface area (Å²) in [5, 5.41) is 9.01. The van der Waals surface area contributed by atoms with Gasteiger partial charge in [-0.3, -0.25) is 0 Å². The van der Waals surface area contributed by atoms with Gasteiger partial charge in [-0.2, -0.15) is 0 Å². The molecule has 0 aliphatic carbocycles. The van der Waals surface area contributed by atoms with Crippen LogP contribution in [0.1, 0.15) is 13.8 Å². The average molecular weight is 374 g/mol. The van der Waals surface area contributed by atoms with Gasteiger partial charge in [0.2, 0.25) is 0 Å². The smallest absolute Gasteiger partial charge is 0.323 e. The van der Waals surface area contributed by atoms with Crippen LogP contribution in [0.5, 0.6) is 0 Å². The van der Waals surface area contributed by atoms with Crippen molar-refractivity contribution in [1.82, 2.24) is 0 Å². The fraction of sp³-hybridized carbons (Fsp3) is 0.174. The van der Waals surface area contributed by atoms with E-state index in [1.165, 1.54) is 5.69 Å². The summed E-state index contributed by atoms with van der Waals surface area (Å²) >= 11 is 0. The Hall–Kier alpha value is -3.47. The molecule has 0 heterocycles. The van der Waals surface area contributed by atoms with E-state index in [0.29, 0.717) is 0 Å². The van der Waals surface area contributed by atoms with Gasteiger partial charge in [0.1, 0.15) is 0 Å². The molecule has 0 saturated carbocycles. The molecule has 5 nitrogen and oxygen atoms in total. The predicted molar refractivity (Wildman–Crippen MR) is 119 cm³/mol. The molecule has 0 atom stereocenters. The summed E-state index contributed by atoms with van der Waals surface area (Å²) in [5.41, 5.74) is 4.70. The van der Waals surface area contributed by atoms with Gasteiger partial charge < -0.3 is 20.9 Å². The van der Waals surface area contributed by atoms with Crippen molar-refractivity contribution in [2.75, 3.05) is 33.9 Å². The second-order valence-electron chi connectivity index (χ2n) is 6.37. The Labute approximate surface area is 166 Å². The molecule has 5 heteroatoms. The monoisotopic (exact) mass is 374 g/mol. The summed E-state index contributed by atoms with van der Waals surface area (Å²) in [6.45, 7) is 6.31. The van der Waals surface area contributed by atoms with Gasteiger partial charge in [-0.15, -0.1) is 0 Å². The van der Waals surface area contributed by atoms with E-state index < -0.39 is 0 Å². The summed E-state index contributed by atoms with van der Waals surface area (Å²) in [6.07, 6.45) is 0. The number of carbonyl (C=O) groups excluding carboxylic acids is 1. The van der Waals surface area contributed by atoms with E-state index in [-0.39, 0.29) is 6.03 Å². The highest BCUT2D eigenvalue weighted by Crippen LogP contribution is 2.22. The first-order valence-corrected chi connectivity index (χ1v) is 9.53. The lowest BCUT2D eigenvalue weighted by Crippen LogP contribution is -2.21. The van der Waals surface area contributed by atoms with Gasteiger partial charge in [-0.1, -0.05) is 18.2 Å². The maximum atomic E-state index is 12.1. The maximum absolute atomic E-state index is 12.1. The number of amides is 2. The second kappa shape index (κ2) is 9.46. The van der Waals surface area contributed by atoms with Crippen molar-refractivity contribution in [3.05, 3.63) is 78.9 Å². The van der Waals surface area contributed by atoms with E-state index >= 15 is 0 Å². The highest BCUT2D eigenvalue weighted by Gasteiger charge is 2.04. The zero-order valence-corrected chi connectivity index (χ0v) is 16.3. The third kappa shape index (κ3) is 5.27. The Morgan fingerprint density at radius 3 is 1.68 bits per heavy atom. The van der Waals surface area contributed by atoms with E-state index in [0.717, 1.165) is 35.8 Å². The van der Waals surface area contributed by atoms with Crippen molar-refractivity contribution < 1.29 is 4.79 Å². The first-order valence-electron chi connectivity index (χ1n) is 9.53. The fourth-order valence-corrected chi connectivity index (χ4v) is 2.96. The lowest BCUT2D eigenvalue weighted by Gasteiger charge is -2.21. The molecule has 3 N–H and O–H groups in total. The average Bonchev–Trinajstić information content (AvgIpc) is 2.72. The molecule has 28 heavy (non-hydrogen) atoms. The molecule has 0 aromatic heterocycles. The highest BCUT2D eigenvalue weighted by atomic mass is 16.2. The van der Waals surface area contributed by atoms with Crippen molar-refractivity contribution in [2.24, 2.45) is 0 Å². The molecule has 0 aliphatic rings. The standard InChI is InChI=1S/C23H26N4O/c1-3-27(4-2)22-16-14-20(15-17-22)24-19-10-12-21(13-11-19)26-23(28)25-18-8-6-5-7-9-18/h5-17,24H,3-4H2,1-2H3,(H2,25,26,28). The Kier molecular flexibility index (Phi) is 6.52. The number of hydrogen-bond acceptors (Lipinski definition) is 3. The zero-order chi connectivity index (χ0) is 19.8.